The molecule has 2 aliphatic rings. The summed E-state index contributed by atoms with van der Waals surface area (Å²) in [6.45, 7) is 0. The van der Waals surface area contributed by atoms with Gasteiger partial charge in [0.15, 0.2) is 0 Å². The Hall–Kier alpha value is -1.69. The molecule has 3 heterocycles. The van der Waals surface area contributed by atoms with Crippen LogP contribution in [-0.2, 0) is 13.5 Å². The first kappa shape index (κ1) is 12.1. The topological polar surface area (TPSA) is 65.6 Å². The van der Waals surface area contributed by atoms with E-state index < -0.39 is 0 Å². The van der Waals surface area contributed by atoms with Crippen molar-refractivity contribution in [3.05, 3.63) is 28.6 Å². The predicted molar refractivity (Wildman–Crippen MR) is 71.8 cm³/mol. The zero-order chi connectivity index (χ0) is 13.9. The van der Waals surface area contributed by atoms with Gasteiger partial charge in [-0.05, 0) is 19.3 Å². The van der Waals surface area contributed by atoms with Gasteiger partial charge >= 0.3 is 0 Å². The lowest BCUT2D eigenvalue weighted by atomic mass is 10.1. The molecule has 2 aromatic rings. The second-order valence-corrected chi connectivity index (χ2v) is 5.93. The van der Waals surface area contributed by atoms with E-state index in [9.17, 15) is 4.79 Å². The smallest absolute Gasteiger partial charge is 0.217 e. The summed E-state index contributed by atoms with van der Waals surface area (Å²) in [6, 6.07) is -0.00745. The molecule has 0 N–H and O–H groups in total. The minimum atomic E-state index is -0.00745. The van der Waals surface area contributed by atoms with Crippen LogP contribution in [0.4, 0.5) is 0 Å². The minimum absolute atomic E-state index is 0.00745. The first-order valence-electron chi connectivity index (χ1n) is 6.82. The van der Waals surface area contributed by atoms with Gasteiger partial charge in [0.25, 0.3) is 0 Å². The van der Waals surface area contributed by atoms with Crippen LogP contribution in [-0.4, -0.2) is 30.3 Å². The summed E-state index contributed by atoms with van der Waals surface area (Å²) in [5.41, 5.74) is 0.809. The maximum absolute atomic E-state index is 12.0. The number of carbonyl (C=O) groups excluding carboxylic acids is 1. The van der Waals surface area contributed by atoms with Crippen LogP contribution in [0.25, 0.3) is 0 Å². The van der Waals surface area contributed by atoms with E-state index in [1.807, 2.05) is 11.7 Å². The molecule has 104 valence electrons. The highest BCUT2D eigenvalue weighted by Gasteiger charge is 2.36. The van der Waals surface area contributed by atoms with Gasteiger partial charge in [-0.2, -0.15) is 5.10 Å². The van der Waals surface area contributed by atoms with Gasteiger partial charge in [-0.15, -0.1) is 5.10 Å². The number of halogens is 1. The van der Waals surface area contributed by atoms with Gasteiger partial charge in [0.2, 0.25) is 11.6 Å². The average Bonchev–Trinajstić information content (AvgIpc) is 2.93. The molecule has 1 aliphatic carbocycles. The molecule has 0 radical (unpaired) electrons. The van der Waals surface area contributed by atoms with Crippen molar-refractivity contribution in [2.24, 2.45) is 13.0 Å². The third-order valence-corrected chi connectivity index (χ3v) is 4.22. The molecule has 1 aliphatic heterocycles. The average molecular weight is 292 g/mol. The molecule has 0 amide bonds. The second-order valence-electron chi connectivity index (χ2n) is 5.53. The fraction of sp³-hybridized carbons (Fsp3) is 0.538. The van der Waals surface area contributed by atoms with Gasteiger partial charge in [0, 0.05) is 25.6 Å². The van der Waals surface area contributed by atoms with E-state index in [0.717, 1.165) is 37.2 Å². The van der Waals surface area contributed by atoms with E-state index in [4.69, 9.17) is 11.6 Å². The predicted octanol–water partition coefficient (Wildman–Crippen LogP) is 1.79. The first-order chi connectivity index (χ1) is 9.63. The number of hydrogen-bond acceptors (Lipinski definition) is 4. The molecule has 6 nitrogen and oxygen atoms in total. The van der Waals surface area contributed by atoms with E-state index in [1.165, 1.54) is 0 Å². The molecule has 7 heteroatoms. The highest BCUT2D eigenvalue weighted by molar-refractivity contribution is 6.31. The standard InChI is InChI=1S/C13H14ClN5O/c1-18-6-8(14)11(16-18)9-4-5-10-15-13(17-19(9)10)12(20)7-2-3-7/h6-7,9H,2-5H2,1H3/t9-/m0/s1. The van der Waals surface area contributed by atoms with Crippen LogP contribution >= 0.6 is 11.6 Å². The number of rotatable bonds is 3. The molecule has 0 bridgehead atoms. The number of nitrogens with zero attached hydrogens (tertiary/aromatic N) is 5. The zero-order valence-corrected chi connectivity index (χ0v) is 11.8. The van der Waals surface area contributed by atoms with E-state index >= 15 is 0 Å². The molecule has 0 spiro atoms. The number of Topliss-reactive ketones (excluding diaryl/α,β-unsaturated/α-hetero) is 1. The quantitative estimate of drug-likeness (QED) is 0.809. The Morgan fingerprint density at radius 1 is 1.35 bits per heavy atom. The third-order valence-electron chi connectivity index (χ3n) is 3.93. The van der Waals surface area contributed by atoms with Gasteiger partial charge in [-0.25, -0.2) is 9.67 Å². The highest BCUT2D eigenvalue weighted by Crippen LogP contribution is 2.35. The van der Waals surface area contributed by atoms with Gasteiger partial charge < -0.3 is 0 Å². The fourth-order valence-corrected chi connectivity index (χ4v) is 3.06. The normalized spacial score (nSPS) is 21.2. The Kier molecular flexibility index (Phi) is 2.51. The number of carbonyl (C=O) groups is 1. The summed E-state index contributed by atoms with van der Waals surface area (Å²) in [5.74, 6) is 1.45. The van der Waals surface area contributed by atoms with Gasteiger partial charge in [-0.3, -0.25) is 9.48 Å². The molecule has 20 heavy (non-hydrogen) atoms. The number of hydrogen-bond donors (Lipinski definition) is 0. The largest absolute Gasteiger partial charge is 0.290 e. The summed E-state index contributed by atoms with van der Waals surface area (Å²) in [4.78, 5) is 16.4. The van der Waals surface area contributed by atoms with Crippen LogP contribution < -0.4 is 0 Å². The van der Waals surface area contributed by atoms with Crippen molar-refractivity contribution in [2.45, 2.75) is 31.7 Å². The third kappa shape index (κ3) is 1.78. The maximum Gasteiger partial charge on any atom is 0.217 e. The number of aryl methyl sites for hydroxylation is 2. The first-order valence-corrected chi connectivity index (χ1v) is 7.20. The van der Waals surface area contributed by atoms with Crippen LogP contribution in [0.15, 0.2) is 6.20 Å². The Bertz CT molecular complexity index is 700. The van der Waals surface area contributed by atoms with E-state index in [0.29, 0.717) is 10.8 Å². The van der Waals surface area contributed by atoms with Crippen LogP contribution in [0.2, 0.25) is 5.02 Å². The zero-order valence-electron chi connectivity index (χ0n) is 11.1. The van der Waals surface area contributed by atoms with Crippen LogP contribution in [0.5, 0.6) is 0 Å². The molecular formula is C13H14ClN5O. The van der Waals surface area contributed by atoms with E-state index in [2.05, 4.69) is 15.2 Å². The lowest BCUT2D eigenvalue weighted by Crippen LogP contribution is -2.11. The molecule has 1 saturated carbocycles. The van der Waals surface area contributed by atoms with E-state index in [-0.39, 0.29) is 17.7 Å². The fourth-order valence-electron chi connectivity index (χ4n) is 2.75. The monoisotopic (exact) mass is 291 g/mol. The maximum atomic E-state index is 12.0. The Labute approximate surface area is 120 Å². The molecular weight excluding hydrogens is 278 g/mol. The SMILES string of the molecule is Cn1cc(Cl)c([C@@H]2CCc3nc(C(=O)C4CC4)nn32)n1. The lowest BCUT2D eigenvalue weighted by Gasteiger charge is -2.08. The molecule has 0 unspecified atom stereocenters. The van der Waals surface area contributed by atoms with Crippen LogP contribution in [0.3, 0.4) is 0 Å². The molecule has 4 rings (SSSR count). The van der Waals surface area contributed by atoms with E-state index in [1.54, 1.807) is 10.9 Å². The second kappa shape index (κ2) is 4.15. The lowest BCUT2D eigenvalue weighted by molar-refractivity contribution is 0.0957. The van der Waals surface area contributed by atoms with Crippen molar-refractivity contribution in [2.75, 3.05) is 0 Å². The molecule has 1 atom stereocenters. The van der Waals surface area contributed by atoms with Crippen molar-refractivity contribution in [1.82, 2.24) is 24.5 Å². The summed E-state index contributed by atoms with van der Waals surface area (Å²) in [7, 11) is 1.84. The summed E-state index contributed by atoms with van der Waals surface area (Å²) >= 11 is 6.21. The van der Waals surface area contributed by atoms with Crippen molar-refractivity contribution in [3.63, 3.8) is 0 Å². The van der Waals surface area contributed by atoms with Crippen molar-refractivity contribution in [1.29, 1.82) is 0 Å². The van der Waals surface area contributed by atoms with Crippen molar-refractivity contribution in [3.8, 4) is 0 Å². The number of aromatic nitrogens is 5. The van der Waals surface area contributed by atoms with Crippen LogP contribution in [0, 0.1) is 5.92 Å². The van der Waals surface area contributed by atoms with Gasteiger partial charge in [0.05, 0.1) is 11.1 Å². The summed E-state index contributed by atoms with van der Waals surface area (Å²) in [5, 5.41) is 9.45. The van der Waals surface area contributed by atoms with Gasteiger partial charge in [0.1, 0.15) is 11.5 Å². The minimum Gasteiger partial charge on any atom is -0.290 e. The Balaban J connectivity index is 1.70. The van der Waals surface area contributed by atoms with Gasteiger partial charge in [-0.1, -0.05) is 11.6 Å². The van der Waals surface area contributed by atoms with Crippen molar-refractivity contribution < 1.29 is 4.79 Å². The Morgan fingerprint density at radius 2 is 2.15 bits per heavy atom. The molecule has 1 fully saturated rings. The highest BCUT2D eigenvalue weighted by atomic mass is 35.5. The van der Waals surface area contributed by atoms with Crippen molar-refractivity contribution >= 4 is 17.4 Å². The molecule has 2 aromatic heterocycles. The molecule has 0 saturated heterocycles. The number of ketones is 1. The summed E-state index contributed by atoms with van der Waals surface area (Å²) < 4.78 is 3.52. The molecule has 0 aromatic carbocycles. The Morgan fingerprint density at radius 3 is 2.80 bits per heavy atom. The number of fused-ring (bicyclic) bond motifs is 1. The summed E-state index contributed by atoms with van der Waals surface area (Å²) in [6.07, 6.45) is 5.41. The van der Waals surface area contributed by atoms with Crippen LogP contribution in [0.1, 0.15) is 47.4 Å².